The largest absolute Gasteiger partial charge is 0.401 e. The fraction of sp³-hybridized carbons (Fsp3) is 0.481. The molecular formula is C27H29F6N3O. The summed E-state index contributed by atoms with van der Waals surface area (Å²) < 4.78 is 84.6. The number of nitrogens with one attached hydrogen (secondary N) is 1. The van der Waals surface area contributed by atoms with Gasteiger partial charge in [0.05, 0.1) is 25.4 Å². The molecule has 2 N–H and O–H groups in total. The van der Waals surface area contributed by atoms with E-state index < -0.39 is 54.8 Å². The molecule has 4 nitrogen and oxygen atoms in total. The van der Waals surface area contributed by atoms with Crippen molar-refractivity contribution in [2.75, 3.05) is 32.9 Å². The number of alkyl halides is 4. The van der Waals surface area contributed by atoms with E-state index in [4.69, 9.17) is 0 Å². The fourth-order valence-corrected chi connectivity index (χ4v) is 5.76. The molecule has 0 radical (unpaired) electrons. The zero-order chi connectivity index (χ0) is 26.5. The van der Waals surface area contributed by atoms with Crippen LogP contribution in [-0.2, 0) is 6.42 Å². The topological polar surface area (TPSA) is 42.5 Å². The number of nitrogens with zero attached hydrogens (tertiary/aromatic N) is 2. The van der Waals surface area contributed by atoms with Gasteiger partial charge in [0.2, 0.25) is 0 Å². The molecule has 3 heterocycles. The maximum atomic E-state index is 15.6. The zero-order valence-corrected chi connectivity index (χ0v) is 20.3. The molecule has 37 heavy (non-hydrogen) atoms. The third-order valence-electron chi connectivity index (χ3n) is 7.61. The smallest absolute Gasteiger partial charge is 0.388 e. The van der Waals surface area contributed by atoms with Gasteiger partial charge in [0.1, 0.15) is 11.6 Å². The fourth-order valence-electron chi connectivity index (χ4n) is 5.76. The van der Waals surface area contributed by atoms with E-state index in [1.54, 1.807) is 19.1 Å². The summed E-state index contributed by atoms with van der Waals surface area (Å²) in [4.78, 5) is 6.16. The Bertz CT molecular complexity index is 1250. The van der Waals surface area contributed by atoms with Crippen LogP contribution in [0.2, 0.25) is 0 Å². The second-order valence-corrected chi connectivity index (χ2v) is 10.3. The average molecular weight is 526 g/mol. The molecule has 0 amide bonds. The number of para-hydroxylation sites is 1. The van der Waals surface area contributed by atoms with Crippen LogP contribution in [-0.4, -0.2) is 65.0 Å². The lowest BCUT2D eigenvalue weighted by atomic mass is 9.87. The predicted octanol–water partition coefficient (Wildman–Crippen LogP) is 5.67. The molecule has 2 aliphatic rings. The van der Waals surface area contributed by atoms with Crippen LogP contribution < -0.4 is 0 Å². The molecule has 3 aromatic rings. The van der Waals surface area contributed by atoms with Gasteiger partial charge in [-0.3, -0.25) is 9.29 Å². The number of H-pyrrole nitrogens is 1. The van der Waals surface area contributed by atoms with Crippen LogP contribution in [0.4, 0.5) is 26.3 Å². The first-order valence-electron chi connectivity index (χ1n) is 12.4. The first-order chi connectivity index (χ1) is 17.6. The third-order valence-corrected chi connectivity index (χ3v) is 7.61. The number of likely N-dealkylation sites (tertiary alicyclic amines) is 1. The Morgan fingerprint density at radius 1 is 1.11 bits per heavy atom. The standard InChI is InChI=1S/C27H29F6N3O/c1-15-8-19-18-4-2-3-5-22(18)34-25(19)26(36(15)14-27(31,32)33)24-20(29)9-17(10-21(24)30)23(37)6-7-35-12-16(11-28)13-35/h2-5,9-10,15-16,23,26,34,37H,6-8,11-14H2,1H3/t15-,23?,26-/m1/s1. The Hall–Kier alpha value is -2.56. The van der Waals surface area contributed by atoms with Crippen LogP contribution in [0.5, 0.6) is 0 Å². The normalized spacial score (nSPS) is 22.3. The van der Waals surface area contributed by atoms with Crippen LogP contribution in [0.1, 0.15) is 47.9 Å². The number of aliphatic hydroxyl groups excluding tert-OH is 1. The Labute approximate surface area is 210 Å². The first kappa shape index (κ1) is 26.1. The number of halogens is 6. The Morgan fingerprint density at radius 2 is 1.78 bits per heavy atom. The van der Waals surface area contributed by atoms with E-state index in [2.05, 4.69) is 4.98 Å². The number of fused-ring (bicyclic) bond motifs is 3. The molecule has 2 aromatic carbocycles. The highest BCUT2D eigenvalue weighted by Gasteiger charge is 2.44. The van der Waals surface area contributed by atoms with E-state index >= 15 is 8.78 Å². The minimum Gasteiger partial charge on any atom is -0.388 e. The number of aromatic nitrogens is 1. The first-order valence-corrected chi connectivity index (χ1v) is 12.4. The van der Waals surface area contributed by atoms with Gasteiger partial charge < -0.3 is 15.0 Å². The number of benzene rings is 2. The lowest BCUT2D eigenvalue weighted by Gasteiger charge is -2.41. The van der Waals surface area contributed by atoms with Crippen molar-refractivity contribution in [3.63, 3.8) is 0 Å². The molecule has 200 valence electrons. The second-order valence-electron chi connectivity index (χ2n) is 10.3. The van der Waals surface area contributed by atoms with Crippen molar-refractivity contribution in [2.45, 2.75) is 44.1 Å². The highest BCUT2D eigenvalue weighted by molar-refractivity contribution is 5.85. The van der Waals surface area contributed by atoms with E-state index in [1.165, 1.54) is 0 Å². The molecular weight excluding hydrogens is 496 g/mol. The van der Waals surface area contributed by atoms with Crippen LogP contribution in [0.25, 0.3) is 10.9 Å². The highest BCUT2D eigenvalue weighted by atomic mass is 19.4. The van der Waals surface area contributed by atoms with Gasteiger partial charge in [0.15, 0.2) is 0 Å². The summed E-state index contributed by atoms with van der Waals surface area (Å²) in [7, 11) is 0. The van der Waals surface area contributed by atoms with Gasteiger partial charge in [0.25, 0.3) is 0 Å². The molecule has 1 unspecified atom stereocenters. The Kier molecular flexibility index (Phi) is 7.02. The van der Waals surface area contributed by atoms with Crippen LogP contribution >= 0.6 is 0 Å². The van der Waals surface area contributed by atoms with Gasteiger partial charge in [-0.2, -0.15) is 13.2 Å². The summed E-state index contributed by atoms with van der Waals surface area (Å²) >= 11 is 0. The van der Waals surface area contributed by atoms with Crippen molar-refractivity contribution in [3.05, 3.63) is 70.4 Å². The van der Waals surface area contributed by atoms with Crippen LogP contribution in [0, 0.1) is 17.6 Å². The van der Waals surface area contributed by atoms with Gasteiger partial charge in [-0.15, -0.1) is 0 Å². The van der Waals surface area contributed by atoms with Gasteiger partial charge in [0, 0.05) is 53.8 Å². The predicted molar refractivity (Wildman–Crippen MR) is 128 cm³/mol. The van der Waals surface area contributed by atoms with Crippen molar-refractivity contribution in [3.8, 4) is 0 Å². The number of rotatable bonds is 7. The maximum absolute atomic E-state index is 15.6. The Morgan fingerprint density at radius 3 is 2.43 bits per heavy atom. The summed E-state index contributed by atoms with van der Waals surface area (Å²) in [5.74, 6) is -2.03. The summed E-state index contributed by atoms with van der Waals surface area (Å²) in [6.07, 6.45) is -5.24. The van der Waals surface area contributed by atoms with E-state index in [9.17, 15) is 22.7 Å². The second kappa shape index (κ2) is 9.96. The Balaban J connectivity index is 1.50. The summed E-state index contributed by atoms with van der Waals surface area (Å²) in [5.41, 5.74) is 1.32. The molecule has 2 aliphatic heterocycles. The van der Waals surface area contributed by atoms with Gasteiger partial charge in [-0.1, -0.05) is 18.2 Å². The molecule has 5 rings (SSSR count). The molecule has 1 fully saturated rings. The maximum Gasteiger partial charge on any atom is 0.401 e. The van der Waals surface area contributed by atoms with Gasteiger partial charge in [-0.25, -0.2) is 8.78 Å². The van der Waals surface area contributed by atoms with Gasteiger partial charge >= 0.3 is 6.18 Å². The zero-order valence-electron chi connectivity index (χ0n) is 20.3. The molecule has 0 saturated carbocycles. The molecule has 1 saturated heterocycles. The number of hydrogen-bond donors (Lipinski definition) is 2. The minimum absolute atomic E-state index is 0.0154. The molecule has 1 aromatic heterocycles. The van der Waals surface area contributed by atoms with E-state index in [0.29, 0.717) is 37.3 Å². The monoisotopic (exact) mass is 525 g/mol. The van der Waals surface area contributed by atoms with Crippen molar-refractivity contribution < 1.29 is 31.4 Å². The van der Waals surface area contributed by atoms with Crippen molar-refractivity contribution in [1.29, 1.82) is 0 Å². The SMILES string of the molecule is C[C@@H]1Cc2c([nH]c3ccccc23)[C@@H](c2c(F)cc(C(O)CCN3CC(CF)C3)cc2F)N1CC(F)(F)F. The van der Waals surface area contributed by atoms with Crippen molar-refractivity contribution in [2.24, 2.45) is 5.92 Å². The summed E-state index contributed by atoms with van der Waals surface area (Å²) in [5, 5.41) is 11.4. The number of aliphatic hydroxyl groups is 1. The van der Waals surface area contributed by atoms with Crippen molar-refractivity contribution in [1.82, 2.24) is 14.8 Å². The summed E-state index contributed by atoms with van der Waals surface area (Å²) in [6, 6.07) is 7.29. The molecule has 10 heteroatoms. The molecule has 0 aliphatic carbocycles. The number of hydrogen-bond acceptors (Lipinski definition) is 3. The minimum atomic E-state index is -4.57. The lowest BCUT2D eigenvalue weighted by molar-refractivity contribution is -0.155. The highest BCUT2D eigenvalue weighted by Crippen LogP contribution is 2.44. The van der Waals surface area contributed by atoms with Gasteiger partial charge in [-0.05, 0) is 49.1 Å². The summed E-state index contributed by atoms with van der Waals surface area (Å²) in [6.45, 7) is 1.49. The molecule has 3 atom stereocenters. The lowest BCUT2D eigenvalue weighted by Crippen LogP contribution is -2.48. The average Bonchev–Trinajstić information content (AvgIpc) is 3.16. The third kappa shape index (κ3) is 5.11. The number of aromatic amines is 1. The van der Waals surface area contributed by atoms with Crippen LogP contribution in [0.15, 0.2) is 36.4 Å². The van der Waals surface area contributed by atoms with E-state index in [1.807, 2.05) is 17.0 Å². The molecule has 0 bridgehead atoms. The van der Waals surface area contributed by atoms with Crippen molar-refractivity contribution >= 4 is 10.9 Å². The van der Waals surface area contributed by atoms with E-state index in [0.717, 1.165) is 28.0 Å². The van der Waals surface area contributed by atoms with Crippen LogP contribution in [0.3, 0.4) is 0 Å². The quantitative estimate of drug-likeness (QED) is 0.391. The van der Waals surface area contributed by atoms with E-state index in [-0.39, 0.29) is 17.9 Å². The molecule has 0 spiro atoms.